The second kappa shape index (κ2) is 7.19. The second-order valence-electron chi connectivity index (χ2n) is 3.59. The van der Waals surface area contributed by atoms with Gasteiger partial charge >= 0.3 is 0 Å². The second-order valence-corrected chi connectivity index (χ2v) is 6.03. The van der Waals surface area contributed by atoms with Gasteiger partial charge in [0.25, 0.3) is 0 Å². The molecule has 1 heterocycles. The van der Waals surface area contributed by atoms with E-state index < -0.39 is 0 Å². The van der Waals surface area contributed by atoms with E-state index in [1.165, 1.54) is 24.4 Å². The van der Waals surface area contributed by atoms with Gasteiger partial charge in [0.15, 0.2) is 4.34 Å². The lowest BCUT2D eigenvalue weighted by Crippen LogP contribution is -2.23. The van der Waals surface area contributed by atoms with Crippen LogP contribution in [0.25, 0.3) is 0 Å². The van der Waals surface area contributed by atoms with Crippen LogP contribution >= 0.6 is 23.3 Å². The number of hydrogen-bond donors (Lipinski definition) is 1. The molecule has 5 heteroatoms. The van der Waals surface area contributed by atoms with Crippen LogP contribution in [-0.4, -0.2) is 27.7 Å². The number of aryl methyl sites for hydroxylation is 1. The summed E-state index contributed by atoms with van der Waals surface area (Å²) in [4.78, 5) is 4.34. The molecule has 0 saturated carbocycles. The highest BCUT2D eigenvalue weighted by atomic mass is 32.2. The van der Waals surface area contributed by atoms with Crippen molar-refractivity contribution in [3.63, 3.8) is 0 Å². The summed E-state index contributed by atoms with van der Waals surface area (Å²) in [7, 11) is 0. The van der Waals surface area contributed by atoms with Gasteiger partial charge in [-0.15, -0.1) is 0 Å². The first-order chi connectivity index (χ1) is 7.22. The number of rotatable bonds is 7. The zero-order valence-electron chi connectivity index (χ0n) is 9.62. The molecule has 0 amide bonds. The number of unbranched alkanes of at least 4 members (excludes halogenated alkanes) is 1. The fourth-order valence-electron chi connectivity index (χ4n) is 1.15. The van der Waals surface area contributed by atoms with Crippen LogP contribution in [0.2, 0.25) is 0 Å². The first-order valence-electron chi connectivity index (χ1n) is 5.40. The summed E-state index contributed by atoms with van der Waals surface area (Å²) in [6.45, 7) is 8.54. The van der Waals surface area contributed by atoms with Crippen molar-refractivity contribution in [2.24, 2.45) is 0 Å². The Morgan fingerprint density at radius 3 is 2.93 bits per heavy atom. The van der Waals surface area contributed by atoms with Crippen LogP contribution in [0.15, 0.2) is 4.34 Å². The van der Waals surface area contributed by atoms with Gasteiger partial charge in [-0.25, -0.2) is 4.98 Å². The highest BCUT2D eigenvalue weighted by Crippen LogP contribution is 2.24. The van der Waals surface area contributed by atoms with E-state index in [0.717, 1.165) is 23.3 Å². The molecule has 1 rings (SSSR count). The molecule has 15 heavy (non-hydrogen) atoms. The van der Waals surface area contributed by atoms with Gasteiger partial charge < -0.3 is 5.32 Å². The third-order valence-electron chi connectivity index (χ3n) is 1.95. The molecule has 0 aliphatic carbocycles. The zero-order valence-corrected chi connectivity index (χ0v) is 11.2. The number of thioether (sulfide) groups is 1. The van der Waals surface area contributed by atoms with Crippen LogP contribution in [0.3, 0.4) is 0 Å². The molecule has 0 aromatic carbocycles. The number of aromatic nitrogens is 2. The molecule has 1 N–H and O–H groups in total. The summed E-state index contributed by atoms with van der Waals surface area (Å²) in [5.74, 6) is 0.883. The molecular formula is C10H19N3S2. The standard InChI is InChI=1S/C10H19N3S2/c1-4-5-6-11-7-8(2)14-10-12-9(3)13-15-10/h8,11H,4-7H2,1-3H3. The Morgan fingerprint density at radius 1 is 1.53 bits per heavy atom. The van der Waals surface area contributed by atoms with Crippen LogP contribution in [0, 0.1) is 6.92 Å². The van der Waals surface area contributed by atoms with E-state index in [1.54, 1.807) is 11.8 Å². The van der Waals surface area contributed by atoms with Crippen molar-refractivity contribution in [2.75, 3.05) is 13.1 Å². The summed E-state index contributed by atoms with van der Waals surface area (Å²) >= 11 is 3.30. The molecule has 1 aromatic heterocycles. The normalized spacial score (nSPS) is 13.0. The number of hydrogen-bond acceptors (Lipinski definition) is 5. The van der Waals surface area contributed by atoms with Gasteiger partial charge in [-0.1, -0.05) is 32.0 Å². The van der Waals surface area contributed by atoms with E-state index in [-0.39, 0.29) is 0 Å². The molecule has 3 nitrogen and oxygen atoms in total. The maximum absolute atomic E-state index is 4.34. The highest BCUT2D eigenvalue weighted by Gasteiger charge is 2.07. The Hall–Kier alpha value is -0.130. The van der Waals surface area contributed by atoms with Crippen LogP contribution in [0.5, 0.6) is 0 Å². The van der Waals surface area contributed by atoms with Crippen molar-refractivity contribution in [1.82, 2.24) is 14.7 Å². The molecule has 0 spiro atoms. The molecule has 0 aliphatic rings. The minimum atomic E-state index is 0.564. The first-order valence-corrected chi connectivity index (χ1v) is 7.05. The van der Waals surface area contributed by atoms with E-state index in [1.807, 2.05) is 6.92 Å². The molecule has 1 atom stereocenters. The fourth-order valence-corrected chi connectivity index (χ4v) is 3.08. The molecule has 0 saturated heterocycles. The maximum atomic E-state index is 4.34. The molecule has 86 valence electrons. The fraction of sp³-hybridized carbons (Fsp3) is 0.800. The van der Waals surface area contributed by atoms with Crippen molar-refractivity contribution in [1.29, 1.82) is 0 Å². The topological polar surface area (TPSA) is 37.8 Å². The lowest BCUT2D eigenvalue weighted by Gasteiger charge is -2.09. The summed E-state index contributed by atoms with van der Waals surface area (Å²) in [6.07, 6.45) is 2.51. The zero-order chi connectivity index (χ0) is 11.1. The van der Waals surface area contributed by atoms with Gasteiger partial charge in [-0.2, -0.15) is 4.37 Å². The predicted molar refractivity (Wildman–Crippen MR) is 67.7 cm³/mol. The first kappa shape index (κ1) is 12.9. The van der Waals surface area contributed by atoms with Crippen molar-refractivity contribution in [2.45, 2.75) is 43.2 Å². The molecule has 1 aromatic rings. The molecule has 0 fully saturated rings. The molecule has 1 unspecified atom stereocenters. The van der Waals surface area contributed by atoms with Gasteiger partial charge in [-0.3, -0.25) is 0 Å². The summed E-state index contributed by atoms with van der Waals surface area (Å²) in [5.41, 5.74) is 0. The van der Waals surface area contributed by atoms with E-state index >= 15 is 0 Å². The van der Waals surface area contributed by atoms with E-state index in [4.69, 9.17) is 0 Å². The van der Waals surface area contributed by atoms with Crippen molar-refractivity contribution < 1.29 is 0 Å². The van der Waals surface area contributed by atoms with Crippen LogP contribution in [0.1, 0.15) is 32.5 Å². The van der Waals surface area contributed by atoms with Crippen LogP contribution in [0.4, 0.5) is 0 Å². The van der Waals surface area contributed by atoms with Crippen molar-refractivity contribution in [3.8, 4) is 0 Å². The van der Waals surface area contributed by atoms with E-state index in [9.17, 15) is 0 Å². The molecule has 0 bridgehead atoms. The minimum absolute atomic E-state index is 0.564. The Kier molecular flexibility index (Phi) is 6.20. The summed E-state index contributed by atoms with van der Waals surface area (Å²) < 4.78 is 5.25. The average Bonchev–Trinajstić information content (AvgIpc) is 2.59. The monoisotopic (exact) mass is 245 g/mol. The largest absolute Gasteiger partial charge is 0.316 e. The third kappa shape index (κ3) is 5.49. The SMILES string of the molecule is CCCCNCC(C)Sc1nc(C)ns1. The van der Waals surface area contributed by atoms with Gasteiger partial charge in [0, 0.05) is 11.8 Å². The minimum Gasteiger partial charge on any atom is -0.316 e. The molecule has 0 radical (unpaired) electrons. The van der Waals surface area contributed by atoms with Gasteiger partial charge in [0.1, 0.15) is 5.82 Å². The molecule has 0 aliphatic heterocycles. The average molecular weight is 245 g/mol. The lowest BCUT2D eigenvalue weighted by molar-refractivity contribution is 0.638. The Bertz CT molecular complexity index is 275. The van der Waals surface area contributed by atoms with E-state index in [2.05, 4.69) is 28.5 Å². The van der Waals surface area contributed by atoms with Crippen molar-refractivity contribution in [3.05, 3.63) is 5.82 Å². The van der Waals surface area contributed by atoms with Crippen LogP contribution in [-0.2, 0) is 0 Å². The maximum Gasteiger partial charge on any atom is 0.170 e. The Balaban J connectivity index is 2.15. The lowest BCUT2D eigenvalue weighted by atomic mass is 10.3. The van der Waals surface area contributed by atoms with E-state index in [0.29, 0.717) is 5.25 Å². The van der Waals surface area contributed by atoms with Crippen LogP contribution < -0.4 is 5.32 Å². The molecular weight excluding hydrogens is 226 g/mol. The predicted octanol–water partition coefficient (Wildman–Crippen LogP) is 2.72. The van der Waals surface area contributed by atoms with Gasteiger partial charge in [0.2, 0.25) is 0 Å². The Labute approximate surface area is 100 Å². The number of nitrogens with one attached hydrogen (secondary N) is 1. The summed E-state index contributed by atoms with van der Waals surface area (Å²) in [5, 5.41) is 4.01. The summed E-state index contributed by atoms with van der Waals surface area (Å²) in [6, 6.07) is 0. The number of nitrogens with zero attached hydrogens (tertiary/aromatic N) is 2. The third-order valence-corrected chi connectivity index (χ3v) is 3.93. The van der Waals surface area contributed by atoms with Gasteiger partial charge in [-0.05, 0) is 31.4 Å². The smallest absolute Gasteiger partial charge is 0.170 e. The Morgan fingerprint density at radius 2 is 2.33 bits per heavy atom. The highest BCUT2D eigenvalue weighted by molar-refractivity contribution is 8.01. The quantitative estimate of drug-likeness (QED) is 0.592. The van der Waals surface area contributed by atoms with Gasteiger partial charge in [0.05, 0.1) is 0 Å². The van der Waals surface area contributed by atoms with Crippen molar-refractivity contribution >= 4 is 23.3 Å².